The van der Waals surface area contributed by atoms with E-state index in [1.54, 1.807) is 0 Å². The van der Waals surface area contributed by atoms with E-state index >= 15 is 0 Å². The third-order valence-corrected chi connectivity index (χ3v) is 2.17. The molecule has 0 N–H and O–H groups in total. The van der Waals surface area contributed by atoms with E-state index < -0.39 is 0 Å². The molecule has 1 atom stereocenters. The summed E-state index contributed by atoms with van der Waals surface area (Å²) in [5.41, 5.74) is 0. The van der Waals surface area contributed by atoms with Crippen LogP contribution in [0.5, 0.6) is 0 Å². The molecule has 1 aliphatic rings. The molecule has 0 amide bonds. The third-order valence-electron chi connectivity index (χ3n) is 2.17. The van der Waals surface area contributed by atoms with Crippen molar-refractivity contribution in [1.82, 2.24) is 9.80 Å². The van der Waals surface area contributed by atoms with Gasteiger partial charge in [-0.05, 0) is 6.42 Å². The van der Waals surface area contributed by atoms with Crippen LogP contribution in [-0.2, 0) is 9.53 Å². The van der Waals surface area contributed by atoms with Gasteiger partial charge in [0.15, 0.2) is 0 Å². The Bertz CT molecular complexity index is 228. The molecule has 1 heterocycles. The first-order valence-corrected chi connectivity index (χ1v) is 4.98. The first-order valence-electron chi connectivity index (χ1n) is 4.98. The summed E-state index contributed by atoms with van der Waals surface area (Å²) in [5, 5.41) is 0. The minimum Gasteiger partial charge on any atom is -0.423 e. The van der Waals surface area contributed by atoms with E-state index in [-0.39, 0.29) is 12.3 Å². The van der Waals surface area contributed by atoms with Gasteiger partial charge in [0.05, 0.1) is 0 Å². The maximum atomic E-state index is 10.9. The smallest absolute Gasteiger partial charge is 0.305 e. The fourth-order valence-corrected chi connectivity index (χ4v) is 1.40. The van der Waals surface area contributed by atoms with Gasteiger partial charge in [0.25, 0.3) is 6.35 Å². The molecule has 0 spiro atoms. The Hall–Kier alpha value is -1.19. The molecule has 0 aromatic heterocycles. The summed E-state index contributed by atoms with van der Waals surface area (Å²) in [7, 11) is 1.90. The van der Waals surface area contributed by atoms with E-state index in [1.807, 2.05) is 29.2 Å². The molecule has 14 heavy (non-hydrogen) atoms. The molecule has 0 bridgehead atoms. The summed E-state index contributed by atoms with van der Waals surface area (Å²) < 4.78 is 5.18. The molecule has 80 valence electrons. The van der Waals surface area contributed by atoms with Gasteiger partial charge in [-0.2, -0.15) is 0 Å². The average molecular weight is 198 g/mol. The predicted molar refractivity (Wildman–Crippen MR) is 54.1 cm³/mol. The monoisotopic (exact) mass is 198 g/mol. The second kappa shape index (κ2) is 4.88. The number of hydrogen-bond donors (Lipinski definition) is 0. The molecular formula is C10H18N2O2. The van der Waals surface area contributed by atoms with Gasteiger partial charge in [-0.1, -0.05) is 13.3 Å². The van der Waals surface area contributed by atoms with Crippen LogP contribution in [0.25, 0.3) is 0 Å². The first-order chi connectivity index (χ1) is 6.65. The summed E-state index contributed by atoms with van der Waals surface area (Å²) in [6.07, 6.45) is 5.88. The van der Waals surface area contributed by atoms with Gasteiger partial charge in [0.1, 0.15) is 0 Å². The normalized spacial score (nSPS) is 20.4. The Labute approximate surface area is 85.1 Å². The van der Waals surface area contributed by atoms with Crippen LogP contribution in [0.3, 0.4) is 0 Å². The molecule has 0 saturated carbocycles. The maximum absolute atomic E-state index is 10.9. The minimum atomic E-state index is -0.251. The molecule has 0 saturated heterocycles. The highest BCUT2D eigenvalue weighted by Crippen LogP contribution is 2.15. The van der Waals surface area contributed by atoms with Crippen molar-refractivity contribution in [2.45, 2.75) is 33.0 Å². The van der Waals surface area contributed by atoms with Gasteiger partial charge in [-0.3, -0.25) is 4.79 Å². The Morgan fingerprint density at radius 2 is 2.21 bits per heavy atom. The largest absolute Gasteiger partial charge is 0.423 e. The lowest BCUT2D eigenvalue weighted by atomic mass is 10.3. The van der Waals surface area contributed by atoms with Crippen LogP contribution in [0, 0.1) is 0 Å². The zero-order chi connectivity index (χ0) is 10.6. The van der Waals surface area contributed by atoms with Gasteiger partial charge in [-0.25, -0.2) is 0 Å². The lowest BCUT2D eigenvalue weighted by molar-refractivity contribution is -0.164. The van der Waals surface area contributed by atoms with E-state index in [0.29, 0.717) is 0 Å². The molecular weight excluding hydrogens is 180 g/mol. The Morgan fingerprint density at radius 1 is 1.50 bits per heavy atom. The number of unbranched alkanes of at least 4 members (excludes halogenated alkanes) is 1. The molecule has 4 heteroatoms. The number of ether oxygens (including phenoxy) is 1. The molecule has 0 fully saturated rings. The number of carbonyl (C=O) groups excluding carboxylic acids is 1. The summed E-state index contributed by atoms with van der Waals surface area (Å²) in [6.45, 7) is 4.50. The van der Waals surface area contributed by atoms with Gasteiger partial charge in [-0.15, -0.1) is 0 Å². The van der Waals surface area contributed by atoms with E-state index in [2.05, 4.69) is 6.92 Å². The lowest BCUT2D eigenvalue weighted by Crippen LogP contribution is -2.40. The fourth-order valence-electron chi connectivity index (χ4n) is 1.40. The number of nitrogens with zero attached hydrogens (tertiary/aromatic N) is 2. The Morgan fingerprint density at radius 3 is 2.79 bits per heavy atom. The van der Waals surface area contributed by atoms with Gasteiger partial charge >= 0.3 is 5.97 Å². The van der Waals surface area contributed by atoms with Crippen LogP contribution in [0.15, 0.2) is 12.4 Å². The van der Waals surface area contributed by atoms with E-state index in [9.17, 15) is 4.79 Å². The van der Waals surface area contributed by atoms with E-state index in [4.69, 9.17) is 4.74 Å². The summed E-state index contributed by atoms with van der Waals surface area (Å²) >= 11 is 0. The Balaban J connectivity index is 2.47. The van der Waals surface area contributed by atoms with Crippen LogP contribution in [-0.4, -0.2) is 35.7 Å². The molecule has 0 aromatic carbocycles. The highest BCUT2D eigenvalue weighted by Gasteiger charge is 2.25. The van der Waals surface area contributed by atoms with Crippen molar-refractivity contribution in [3.8, 4) is 0 Å². The SMILES string of the molecule is CCCCN1C=CN(C)C1OC(C)=O. The number of rotatable bonds is 4. The van der Waals surface area contributed by atoms with Crippen molar-refractivity contribution in [2.24, 2.45) is 0 Å². The van der Waals surface area contributed by atoms with E-state index in [0.717, 1.165) is 19.4 Å². The number of esters is 1. The first kappa shape index (κ1) is 10.9. The van der Waals surface area contributed by atoms with Crippen molar-refractivity contribution >= 4 is 5.97 Å². The predicted octanol–water partition coefficient (Wildman–Crippen LogP) is 1.35. The number of carbonyl (C=O) groups is 1. The van der Waals surface area contributed by atoms with E-state index in [1.165, 1.54) is 6.92 Å². The molecule has 0 aromatic rings. The second-order valence-corrected chi connectivity index (χ2v) is 3.49. The van der Waals surface area contributed by atoms with Crippen molar-refractivity contribution in [3.63, 3.8) is 0 Å². The van der Waals surface area contributed by atoms with Gasteiger partial charge < -0.3 is 14.5 Å². The van der Waals surface area contributed by atoms with Crippen LogP contribution in [0.4, 0.5) is 0 Å². The molecule has 1 aliphatic heterocycles. The highest BCUT2D eigenvalue weighted by molar-refractivity contribution is 5.66. The Kier molecular flexibility index (Phi) is 3.80. The topological polar surface area (TPSA) is 32.8 Å². The maximum Gasteiger partial charge on any atom is 0.305 e. The molecule has 1 rings (SSSR count). The fraction of sp³-hybridized carbons (Fsp3) is 0.700. The summed E-state index contributed by atoms with van der Waals surface area (Å²) in [5.74, 6) is -0.243. The zero-order valence-corrected chi connectivity index (χ0v) is 9.06. The van der Waals surface area contributed by atoms with Crippen molar-refractivity contribution in [3.05, 3.63) is 12.4 Å². The average Bonchev–Trinajstić information content (AvgIpc) is 2.45. The third kappa shape index (κ3) is 2.65. The van der Waals surface area contributed by atoms with Gasteiger partial charge in [0, 0.05) is 32.9 Å². The van der Waals surface area contributed by atoms with Crippen molar-refractivity contribution in [2.75, 3.05) is 13.6 Å². The summed E-state index contributed by atoms with van der Waals surface area (Å²) in [6, 6.07) is 0. The van der Waals surface area contributed by atoms with Crippen LogP contribution >= 0.6 is 0 Å². The molecule has 0 radical (unpaired) electrons. The number of hydrogen-bond acceptors (Lipinski definition) is 4. The lowest BCUT2D eigenvalue weighted by Gasteiger charge is -2.29. The molecule has 4 nitrogen and oxygen atoms in total. The quantitative estimate of drug-likeness (QED) is 0.638. The zero-order valence-electron chi connectivity index (χ0n) is 9.06. The van der Waals surface area contributed by atoms with Crippen LogP contribution in [0.2, 0.25) is 0 Å². The van der Waals surface area contributed by atoms with Crippen LogP contribution < -0.4 is 0 Å². The highest BCUT2D eigenvalue weighted by atomic mass is 16.6. The van der Waals surface area contributed by atoms with Crippen molar-refractivity contribution in [1.29, 1.82) is 0 Å². The second-order valence-electron chi connectivity index (χ2n) is 3.49. The summed E-state index contributed by atoms with van der Waals surface area (Å²) in [4.78, 5) is 14.8. The molecule has 0 aliphatic carbocycles. The van der Waals surface area contributed by atoms with Gasteiger partial charge in [0.2, 0.25) is 0 Å². The standard InChI is InChI=1S/C10H18N2O2/c1-4-5-6-12-8-7-11(3)10(12)14-9(2)13/h7-8,10H,4-6H2,1-3H3. The minimum absolute atomic E-state index is 0.243. The molecule has 1 unspecified atom stereocenters. The van der Waals surface area contributed by atoms with Crippen molar-refractivity contribution < 1.29 is 9.53 Å². The van der Waals surface area contributed by atoms with Crippen LogP contribution in [0.1, 0.15) is 26.7 Å².